The second-order valence-electron chi connectivity index (χ2n) is 17.4. The Morgan fingerprint density at radius 1 is 0.833 bits per heavy atom. The molecule has 0 aliphatic carbocycles. The summed E-state index contributed by atoms with van der Waals surface area (Å²) in [6.45, 7) is 21.8. The van der Waals surface area contributed by atoms with Crippen LogP contribution in [-0.4, -0.2) is 136 Å². The zero-order valence-electron chi connectivity index (χ0n) is 40.2. The highest BCUT2D eigenvalue weighted by Crippen LogP contribution is 2.27. The fourth-order valence-electron chi connectivity index (χ4n) is 5.32. The Bertz CT molecular complexity index is 1770. The molecule has 0 spiro atoms. The summed E-state index contributed by atoms with van der Waals surface area (Å²) >= 11 is 3.46. The van der Waals surface area contributed by atoms with Crippen molar-refractivity contribution in [1.82, 2.24) is 36.3 Å². The SMILES string of the molecule is CCCOCCOCCOCCn1cc(CNC(=O)OCc2ccc(NC(=O)[C@H](CCCNC(N)=O)NC(=O)[C@@H](NC(=O)CON=C(CSC(C)(C)C)CSC(C)(C)C)C(C)C)cc2)nn1. The monoisotopic (exact) mass is 967 g/mol. The number of hydrogen-bond donors (Lipinski definition) is 6. The van der Waals surface area contributed by atoms with Gasteiger partial charge in [-0.1, -0.05) is 84.8 Å². The number of primary amides is 1. The molecule has 0 unspecified atom stereocenters. The number of anilines is 1. The Morgan fingerprint density at radius 3 is 2.05 bits per heavy atom. The number of urea groups is 1. The van der Waals surface area contributed by atoms with E-state index in [0.717, 1.165) is 18.7 Å². The van der Waals surface area contributed by atoms with Gasteiger partial charge < -0.3 is 56.1 Å². The first-order valence-corrected chi connectivity index (χ1v) is 24.2. The molecular weight excluding hydrogens is 893 g/mol. The number of benzene rings is 1. The molecule has 0 radical (unpaired) electrons. The third-order valence-corrected chi connectivity index (χ3v) is 11.4. The van der Waals surface area contributed by atoms with Crippen molar-refractivity contribution in [3.05, 3.63) is 41.7 Å². The molecule has 20 nitrogen and oxygen atoms in total. The van der Waals surface area contributed by atoms with Gasteiger partial charge in [-0.2, -0.15) is 0 Å². The Balaban J connectivity index is 1.90. The van der Waals surface area contributed by atoms with Crippen molar-refractivity contribution >= 4 is 64.8 Å². The largest absolute Gasteiger partial charge is 0.445 e. The topological polar surface area (TPSA) is 261 Å². The fraction of sp³-hybridized carbons (Fsp3) is 0.682. The van der Waals surface area contributed by atoms with Gasteiger partial charge in [0.25, 0.3) is 5.91 Å². The van der Waals surface area contributed by atoms with Crippen molar-refractivity contribution in [3.63, 3.8) is 0 Å². The number of carbonyl (C=O) groups excluding carboxylic acids is 5. The minimum atomic E-state index is -1.04. The lowest BCUT2D eigenvalue weighted by Gasteiger charge is -2.25. The molecule has 2 rings (SSSR count). The first-order chi connectivity index (χ1) is 31.2. The Morgan fingerprint density at radius 2 is 1.45 bits per heavy atom. The van der Waals surface area contributed by atoms with Crippen molar-refractivity contribution in [2.75, 3.05) is 69.6 Å². The van der Waals surface area contributed by atoms with Gasteiger partial charge in [-0.15, -0.1) is 28.6 Å². The van der Waals surface area contributed by atoms with Crippen LogP contribution in [0.3, 0.4) is 0 Å². The van der Waals surface area contributed by atoms with Gasteiger partial charge in [-0.25, -0.2) is 14.3 Å². The normalized spacial score (nSPS) is 12.5. The number of amides is 6. The van der Waals surface area contributed by atoms with E-state index in [1.165, 1.54) is 0 Å². The number of carbonyl (C=O) groups is 5. The van der Waals surface area contributed by atoms with Crippen molar-refractivity contribution in [2.24, 2.45) is 16.8 Å². The van der Waals surface area contributed by atoms with Crippen molar-refractivity contribution < 1.29 is 47.8 Å². The van der Waals surface area contributed by atoms with Crippen LogP contribution in [0.2, 0.25) is 0 Å². The number of nitrogens with one attached hydrogen (secondary N) is 5. The van der Waals surface area contributed by atoms with E-state index in [4.69, 9.17) is 29.5 Å². The van der Waals surface area contributed by atoms with Crippen LogP contribution in [-0.2, 0) is 57.9 Å². The molecule has 372 valence electrons. The number of nitrogens with two attached hydrogens (primary N) is 1. The molecule has 66 heavy (non-hydrogen) atoms. The summed E-state index contributed by atoms with van der Waals surface area (Å²) in [6, 6.07) is 3.88. The molecule has 0 fully saturated rings. The van der Waals surface area contributed by atoms with Crippen LogP contribution >= 0.6 is 23.5 Å². The van der Waals surface area contributed by atoms with E-state index < -0.39 is 48.5 Å². The van der Waals surface area contributed by atoms with Crippen LogP contribution in [0.5, 0.6) is 0 Å². The van der Waals surface area contributed by atoms with E-state index in [1.54, 1.807) is 72.5 Å². The van der Waals surface area contributed by atoms with Gasteiger partial charge in [0.2, 0.25) is 11.8 Å². The van der Waals surface area contributed by atoms with Gasteiger partial charge in [-0.05, 0) is 42.9 Å². The standard InChI is InChI=1S/C44H74N10O10S2/c1-10-19-60-21-23-62-24-22-61-20-18-54-26-34(51-53-54)25-47-42(59)63-27-32-13-15-33(16-14-32)48-39(56)36(12-11-17-46-41(45)58)49-40(57)38(31(2)3)50-37(55)28-64-52-35(29-65-43(4,5)6)30-66-44(7,8)9/h13-16,26,31,36,38H,10-12,17-25,27-30H2,1-9H3,(H,47,59)(H,48,56)(H,49,57)(H,50,55)(H3,45,46,58)/t36-,38-/m0/s1. The molecule has 22 heteroatoms. The van der Waals surface area contributed by atoms with Crippen LogP contribution in [0.25, 0.3) is 0 Å². The number of nitrogens with zero attached hydrogens (tertiary/aromatic N) is 4. The Kier molecular flexibility index (Phi) is 27.3. The summed E-state index contributed by atoms with van der Waals surface area (Å²) in [6.07, 6.45) is 2.49. The van der Waals surface area contributed by atoms with E-state index in [9.17, 15) is 24.0 Å². The molecule has 0 saturated heterocycles. The molecule has 1 heterocycles. The summed E-state index contributed by atoms with van der Waals surface area (Å²) in [5, 5.41) is 25.8. The summed E-state index contributed by atoms with van der Waals surface area (Å²) in [5.74, 6) is -0.709. The maximum atomic E-state index is 13.6. The van der Waals surface area contributed by atoms with Crippen LogP contribution in [0.4, 0.5) is 15.3 Å². The minimum absolute atomic E-state index is 0.0164. The minimum Gasteiger partial charge on any atom is -0.445 e. The third kappa shape index (κ3) is 27.7. The molecule has 0 bridgehead atoms. The van der Waals surface area contributed by atoms with Crippen LogP contribution in [0, 0.1) is 5.92 Å². The average molecular weight is 967 g/mol. The summed E-state index contributed by atoms with van der Waals surface area (Å²) < 4.78 is 23.4. The lowest BCUT2D eigenvalue weighted by Crippen LogP contribution is -2.55. The van der Waals surface area contributed by atoms with Gasteiger partial charge in [0.1, 0.15) is 24.4 Å². The third-order valence-electron chi connectivity index (χ3n) is 8.75. The van der Waals surface area contributed by atoms with Crippen molar-refractivity contribution in [2.45, 2.75) is 123 Å². The number of aromatic nitrogens is 3. The summed E-state index contributed by atoms with van der Waals surface area (Å²) in [7, 11) is 0. The maximum absolute atomic E-state index is 13.6. The Labute approximate surface area is 398 Å². The summed E-state index contributed by atoms with van der Waals surface area (Å²) in [5.41, 5.74) is 7.64. The Hall–Kier alpha value is -4.64. The number of oxime groups is 1. The molecule has 2 atom stereocenters. The number of rotatable bonds is 32. The number of thioether (sulfide) groups is 2. The molecule has 6 amide bonds. The smallest absolute Gasteiger partial charge is 0.407 e. The molecule has 0 saturated carbocycles. The first-order valence-electron chi connectivity index (χ1n) is 22.3. The van der Waals surface area contributed by atoms with Gasteiger partial charge >= 0.3 is 12.1 Å². The highest BCUT2D eigenvalue weighted by molar-refractivity contribution is 8.02. The van der Waals surface area contributed by atoms with Crippen molar-refractivity contribution in [3.8, 4) is 0 Å². The zero-order chi connectivity index (χ0) is 49.0. The number of hydrogen-bond acceptors (Lipinski definition) is 15. The van der Waals surface area contributed by atoms with Gasteiger partial charge in [0.05, 0.1) is 58.0 Å². The van der Waals surface area contributed by atoms with Crippen LogP contribution in [0.1, 0.15) is 92.8 Å². The van der Waals surface area contributed by atoms with Crippen LogP contribution < -0.4 is 32.3 Å². The predicted molar refractivity (Wildman–Crippen MR) is 258 cm³/mol. The lowest BCUT2D eigenvalue weighted by atomic mass is 10.0. The predicted octanol–water partition coefficient (Wildman–Crippen LogP) is 4.61. The number of ether oxygens (including phenoxy) is 4. The molecule has 1 aromatic heterocycles. The molecule has 1 aromatic carbocycles. The van der Waals surface area contributed by atoms with E-state index in [2.05, 4.69) is 90.5 Å². The molecule has 2 aromatic rings. The lowest BCUT2D eigenvalue weighted by molar-refractivity contribution is -0.133. The van der Waals surface area contributed by atoms with Gasteiger partial charge in [0, 0.05) is 39.8 Å². The molecular formula is C44H74N10O10S2. The second kappa shape index (κ2) is 31.4. The summed E-state index contributed by atoms with van der Waals surface area (Å²) in [4.78, 5) is 69.4. The van der Waals surface area contributed by atoms with Crippen LogP contribution in [0.15, 0.2) is 35.6 Å². The molecule has 0 aliphatic rings. The van der Waals surface area contributed by atoms with E-state index >= 15 is 0 Å². The number of alkyl carbamates (subject to hydrolysis) is 1. The van der Waals surface area contributed by atoms with Gasteiger partial charge in [0.15, 0.2) is 6.61 Å². The fourth-order valence-corrected chi connectivity index (χ4v) is 6.96. The van der Waals surface area contributed by atoms with Gasteiger partial charge in [-0.3, -0.25) is 14.4 Å². The maximum Gasteiger partial charge on any atom is 0.407 e. The quantitative estimate of drug-likeness (QED) is 0.0333. The molecule has 7 N–H and O–H groups in total. The second-order valence-corrected chi connectivity index (χ2v) is 21.0. The zero-order valence-corrected chi connectivity index (χ0v) is 41.8. The van der Waals surface area contributed by atoms with E-state index in [0.29, 0.717) is 74.5 Å². The molecule has 0 aliphatic heterocycles. The van der Waals surface area contributed by atoms with E-state index in [-0.39, 0.29) is 41.5 Å². The van der Waals surface area contributed by atoms with E-state index in [1.807, 2.05) is 0 Å². The van der Waals surface area contributed by atoms with Crippen molar-refractivity contribution in [1.29, 1.82) is 0 Å². The highest BCUT2D eigenvalue weighted by Gasteiger charge is 2.29. The average Bonchev–Trinajstić information content (AvgIpc) is 3.70. The highest BCUT2D eigenvalue weighted by atomic mass is 32.2. The first kappa shape index (κ1) is 57.5.